The maximum atomic E-state index is 13.9. The number of carbonyl (C=O) groups is 4. The van der Waals surface area contributed by atoms with Gasteiger partial charge in [0.25, 0.3) is 5.91 Å². The molecule has 0 radical (unpaired) electrons. The molecule has 1 aromatic heterocycles. The molecule has 3 aliphatic rings. The van der Waals surface area contributed by atoms with E-state index in [4.69, 9.17) is 9.47 Å². The Kier molecular flexibility index (Phi) is 13.4. The lowest BCUT2D eigenvalue weighted by molar-refractivity contribution is -0.148. The summed E-state index contributed by atoms with van der Waals surface area (Å²) in [5.74, 6) is -3.15. The number of ether oxygens (including phenoxy) is 2. The fraction of sp³-hybridized carbons (Fsp3) is 0.619. The molecule has 10 atom stereocenters. The minimum atomic E-state index is -1.85. The number of hydrogen-bond donors (Lipinski definition) is 5. The van der Waals surface area contributed by atoms with E-state index in [0.29, 0.717) is 35.6 Å². The second kappa shape index (κ2) is 17.5. The highest BCUT2D eigenvalue weighted by Crippen LogP contribution is 2.62. The molecule has 0 bridgehead atoms. The summed E-state index contributed by atoms with van der Waals surface area (Å²) in [7, 11) is 1.22. The molecule has 0 spiro atoms. The minimum absolute atomic E-state index is 0.0136. The molecule has 1 aromatic carbocycles. The summed E-state index contributed by atoms with van der Waals surface area (Å²) >= 11 is 0. The van der Waals surface area contributed by atoms with Crippen molar-refractivity contribution in [2.24, 2.45) is 35.0 Å². The van der Waals surface area contributed by atoms with Gasteiger partial charge in [-0.2, -0.15) is 0 Å². The van der Waals surface area contributed by atoms with Gasteiger partial charge in [0.15, 0.2) is 11.9 Å². The van der Waals surface area contributed by atoms with E-state index >= 15 is 0 Å². The number of hydrogen-bond acceptors (Lipinski definition) is 11. The molecule has 0 saturated heterocycles. The zero-order valence-corrected chi connectivity index (χ0v) is 33.6. The maximum Gasteiger partial charge on any atom is 0.328 e. The number of aliphatic hydroxyl groups excluding tert-OH is 2. The summed E-state index contributed by atoms with van der Waals surface area (Å²) in [4.78, 5) is 52.9. The average Bonchev–Trinajstić information content (AvgIpc) is 3.36. The van der Waals surface area contributed by atoms with Gasteiger partial charge in [-0.25, -0.2) is 9.48 Å². The second-order valence-corrected chi connectivity index (χ2v) is 17.1. The van der Waals surface area contributed by atoms with Gasteiger partial charge in [-0.05, 0) is 84.8 Å². The van der Waals surface area contributed by atoms with E-state index in [9.17, 15) is 34.5 Å². The SMILES string of the molecule is C=C1CC[C@H]2[C@@H](/C=C(\C)C(=O)[C@@]3(O)C[C@H](C)[C@H](O)[C@@H]3[C@H]1OCc1cn(CC(=O)N[C@H](Cc3ccccc3)[C@H](O)C(=O)N[C@@H](CC(C)C)C(=O)OC)nn1)C2(C)C. The van der Waals surface area contributed by atoms with E-state index in [0.717, 1.165) is 12.0 Å². The maximum absolute atomic E-state index is 13.9. The number of allylic oxidation sites excluding steroid dienone is 1. The number of methoxy groups -OCH3 is 1. The smallest absolute Gasteiger partial charge is 0.328 e. The van der Waals surface area contributed by atoms with Gasteiger partial charge >= 0.3 is 5.97 Å². The molecule has 306 valence electrons. The van der Waals surface area contributed by atoms with Gasteiger partial charge in [-0.15, -0.1) is 5.10 Å². The van der Waals surface area contributed by atoms with Gasteiger partial charge in [0.05, 0.1) is 44.1 Å². The molecule has 1 heterocycles. The van der Waals surface area contributed by atoms with Crippen molar-refractivity contribution in [1.82, 2.24) is 25.6 Å². The van der Waals surface area contributed by atoms with Crippen LogP contribution in [0.3, 0.4) is 0 Å². The first kappa shape index (κ1) is 42.9. The zero-order chi connectivity index (χ0) is 41.1. The van der Waals surface area contributed by atoms with Crippen LogP contribution >= 0.6 is 0 Å². The van der Waals surface area contributed by atoms with Crippen molar-refractivity contribution in [3.05, 3.63) is 71.6 Å². The number of ketones is 1. The molecular formula is C42H59N5O9. The first-order valence-electron chi connectivity index (χ1n) is 19.6. The van der Waals surface area contributed by atoms with Gasteiger partial charge in [0.1, 0.15) is 23.9 Å². The summed E-state index contributed by atoms with van der Waals surface area (Å²) in [5, 5.41) is 48.2. The Bertz CT molecular complexity index is 1790. The highest BCUT2D eigenvalue weighted by Gasteiger charge is 2.61. The van der Waals surface area contributed by atoms with Crippen LogP contribution in [-0.2, 0) is 48.2 Å². The van der Waals surface area contributed by atoms with Gasteiger partial charge < -0.3 is 35.4 Å². The van der Waals surface area contributed by atoms with Crippen LogP contribution in [0.5, 0.6) is 0 Å². The lowest BCUT2D eigenvalue weighted by atomic mass is 9.77. The standard InChI is InChI=1S/C42H59N5O9/c1-23(2)16-32(40(53)55-8)44-39(52)36(50)31(18-27-12-10-9-11-13-27)43-33(48)21-47-20-28(45-46-47)22-56-37-24(3)14-15-29-30(41(29,6)7)17-25(4)38(51)42(54)19-26(5)35(49)34(37)42/h9-13,17,20,23,26,29-32,34-37,49-50,54H,3,14-16,18-19,21-22H2,1-2,4-8H3,(H,43,48)(H,44,52)/b25-17+/t26-,29-,30+,31+,32-,34+,35-,36-,37-,42+/m0/s1. The number of amides is 2. The number of benzene rings is 1. The normalized spacial score (nSPS) is 29.8. The molecular weight excluding hydrogens is 718 g/mol. The Morgan fingerprint density at radius 1 is 1.14 bits per heavy atom. The lowest BCUT2D eigenvalue weighted by Gasteiger charge is -2.37. The number of carbonyl (C=O) groups excluding carboxylic acids is 4. The van der Waals surface area contributed by atoms with Crippen molar-refractivity contribution in [1.29, 1.82) is 0 Å². The molecule has 2 amide bonds. The number of rotatable bonds is 14. The molecule has 14 nitrogen and oxygen atoms in total. The fourth-order valence-corrected chi connectivity index (χ4v) is 8.81. The van der Waals surface area contributed by atoms with Crippen molar-refractivity contribution in [3.8, 4) is 0 Å². The van der Waals surface area contributed by atoms with E-state index in [1.807, 2.05) is 45.0 Å². The molecule has 2 aromatic rings. The second-order valence-electron chi connectivity index (χ2n) is 17.1. The van der Waals surface area contributed by atoms with Crippen LogP contribution in [0.2, 0.25) is 0 Å². The fourth-order valence-electron chi connectivity index (χ4n) is 8.81. The third-order valence-electron chi connectivity index (χ3n) is 12.1. The minimum Gasteiger partial charge on any atom is -0.467 e. The third kappa shape index (κ3) is 9.47. The Labute approximate surface area is 329 Å². The molecule has 3 aliphatic carbocycles. The van der Waals surface area contributed by atoms with E-state index in [2.05, 4.69) is 41.4 Å². The molecule has 0 aliphatic heterocycles. The van der Waals surface area contributed by atoms with E-state index < -0.39 is 65.5 Å². The van der Waals surface area contributed by atoms with Gasteiger partial charge in [0, 0.05) is 0 Å². The predicted octanol–water partition coefficient (Wildman–Crippen LogP) is 2.84. The van der Waals surface area contributed by atoms with Crippen LogP contribution in [-0.4, -0.2) is 97.0 Å². The number of esters is 1. The lowest BCUT2D eigenvalue weighted by Crippen LogP contribution is -2.55. The molecule has 0 unspecified atom stereocenters. The molecule has 56 heavy (non-hydrogen) atoms. The number of nitrogens with zero attached hydrogens (tertiary/aromatic N) is 3. The number of aromatic nitrogens is 3. The largest absolute Gasteiger partial charge is 0.467 e. The number of aliphatic hydroxyl groups is 3. The Balaban J connectivity index is 1.28. The van der Waals surface area contributed by atoms with E-state index in [1.165, 1.54) is 18.0 Å². The highest BCUT2D eigenvalue weighted by atomic mass is 16.5. The van der Waals surface area contributed by atoms with Gasteiger partial charge in [-0.3, -0.25) is 14.4 Å². The van der Waals surface area contributed by atoms with Crippen molar-refractivity contribution in [2.45, 2.75) is 123 Å². The predicted molar refractivity (Wildman–Crippen MR) is 206 cm³/mol. The summed E-state index contributed by atoms with van der Waals surface area (Å²) in [5.41, 5.74) is 0.442. The van der Waals surface area contributed by atoms with Crippen molar-refractivity contribution >= 4 is 23.6 Å². The van der Waals surface area contributed by atoms with E-state index in [-0.39, 0.29) is 49.2 Å². The summed E-state index contributed by atoms with van der Waals surface area (Å²) in [6.07, 6.45) is 1.82. The van der Waals surface area contributed by atoms with Crippen LogP contribution in [0.1, 0.15) is 78.5 Å². The van der Waals surface area contributed by atoms with Crippen molar-refractivity contribution < 1.29 is 44.0 Å². The highest BCUT2D eigenvalue weighted by molar-refractivity contribution is 6.02. The summed E-state index contributed by atoms with van der Waals surface area (Å²) in [6.45, 7) is 15.6. The van der Waals surface area contributed by atoms with Crippen molar-refractivity contribution in [3.63, 3.8) is 0 Å². The quantitative estimate of drug-likeness (QED) is 0.140. The first-order valence-corrected chi connectivity index (χ1v) is 19.6. The average molecular weight is 778 g/mol. The number of nitrogens with one attached hydrogen (secondary N) is 2. The Morgan fingerprint density at radius 3 is 2.50 bits per heavy atom. The molecule has 5 N–H and O–H groups in total. The monoisotopic (exact) mass is 777 g/mol. The van der Waals surface area contributed by atoms with Crippen LogP contribution in [0.15, 0.2) is 60.3 Å². The molecule has 5 rings (SSSR count). The summed E-state index contributed by atoms with van der Waals surface area (Å²) in [6, 6.07) is 7.02. The van der Waals surface area contributed by atoms with Crippen molar-refractivity contribution in [2.75, 3.05) is 7.11 Å². The molecule has 2 saturated carbocycles. The zero-order valence-electron chi connectivity index (χ0n) is 33.6. The van der Waals surface area contributed by atoms with Crippen LogP contribution < -0.4 is 10.6 Å². The third-order valence-corrected chi connectivity index (χ3v) is 12.1. The van der Waals surface area contributed by atoms with Gasteiger partial charge in [-0.1, -0.05) is 82.8 Å². The topological polar surface area (TPSA) is 202 Å². The van der Waals surface area contributed by atoms with Gasteiger partial charge in [0.2, 0.25) is 5.91 Å². The number of Topliss-reactive ketones (excluding diaryl/α,β-unsaturated/α-hetero) is 1. The first-order chi connectivity index (χ1) is 26.4. The Hall–Kier alpha value is -4.24. The van der Waals surface area contributed by atoms with Crippen LogP contribution in [0.4, 0.5) is 0 Å². The number of fused-ring (bicyclic) bond motifs is 2. The van der Waals surface area contributed by atoms with Crippen LogP contribution in [0, 0.1) is 35.0 Å². The molecule has 14 heteroatoms. The van der Waals surface area contributed by atoms with Crippen LogP contribution in [0.25, 0.3) is 0 Å². The summed E-state index contributed by atoms with van der Waals surface area (Å²) < 4.78 is 12.5. The van der Waals surface area contributed by atoms with E-state index in [1.54, 1.807) is 19.1 Å². The Morgan fingerprint density at radius 2 is 1.84 bits per heavy atom. The molecule has 2 fully saturated rings.